The summed E-state index contributed by atoms with van der Waals surface area (Å²) in [4.78, 5) is 11.5. The van der Waals surface area contributed by atoms with Gasteiger partial charge in [-0.15, -0.1) is 11.3 Å². The first-order valence-corrected chi connectivity index (χ1v) is 8.34. The first-order chi connectivity index (χ1) is 9.76. The molecule has 108 valence electrons. The fourth-order valence-corrected chi connectivity index (χ4v) is 3.30. The molecule has 0 saturated heterocycles. The summed E-state index contributed by atoms with van der Waals surface area (Å²) < 4.78 is 0. The first-order valence-electron chi connectivity index (χ1n) is 7.52. The number of fused-ring (bicyclic) bond motifs is 1. The Morgan fingerprint density at radius 3 is 2.90 bits per heavy atom. The lowest BCUT2D eigenvalue weighted by molar-refractivity contribution is 0.687. The summed E-state index contributed by atoms with van der Waals surface area (Å²) >= 11 is 1.73. The molecule has 2 N–H and O–H groups in total. The van der Waals surface area contributed by atoms with Crippen LogP contribution in [0, 0.1) is 12.8 Å². The number of nitrogens with zero attached hydrogens (tertiary/aromatic N) is 2. The van der Waals surface area contributed by atoms with Crippen LogP contribution in [0.15, 0.2) is 6.07 Å². The number of hydrogen-bond acceptors (Lipinski definition) is 5. The van der Waals surface area contributed by atoms with E-state index in [1.54, 1.807) is 11.3 Å². The summed E-state index contributed by atoms with van der Waals surface area (Å²) in [5.41, 5.74) is 0. The van der Waals surface area contributed by atoms with Gasteiger partial charge in [0.1, 0.15) is 10.6 Å². The smallest absolute Gasteiger partial charge is 0.226 e. The summed E-state index contributed by atoms with van der Waals surface area (Å²) in [5, 5.41) is 7.86. The van der Waals surface area contributed by atoms with E-state index in [4.69, 9.17) is 0 Å². The van der Waals surface area contributed by atoms with Crippen molar-refractivity contribution in [3.63, 3.8) is 0 Å². The molecule has 0 radical (unpaired) electrons. The van der Waals surface area contributed by atoms with Gasteiger partial charge in [-0.05, 0) is 38.7 Å². The van der Waals surface area contributed by atoms with Crippen LogP contribution in [0.4, 0.5) is 11.8 Å². The van der Waals surface area contributed by atoms with Crippen LogP contribution in [0.1, 0.15) is 37.5 Å². The van der Waals surface area contributed by atoms with Crippen molar-refractivity contribution in [1.29, 1.82) is 0 Å². The van der Waals surface area contributed by atoms with Gasteiger partial charge in [-0.3, -0.25) is 0 Å². The molecule has 0 unspecified atom stereocenters. The van der Waals surface area contributed by atoms with Gasteiger partial charge >= 0.3 is 0 Å². The van der Waals surface area contributed by atoms with E-state index in [9.17, 15) is 0 Å². The van der Waals surface area contributed by atoms with Gasteiger partial charge in [0.05, 0.1) is 5.39 Å². The van der Waals surface area contributed by atoms with Gasteiger partial charge in [-0.2, -0.15) is 4.98 Å². The second-order valence-corrected chi connectivity index (χ2v) is 6.75. The van der Waals surface area contributed by atoms with Gasteiger partial charge < -0.3 is 10.6 Å². The molecule has 0 aromatic carbocycles. The lowest BCUT2D eigenvalue weighted by Gasteiger charge is -2.09. The molecule has 2 aromatic heterocycles. The monoisotopic (exact) mass is 290 g/mol. The average Bonchev–Trinajstić information content (AvgIpc) is 3.16. The third kappa shape index (κ3) is 3.20. The van der Waals surface area contributed by atoms with Gasteiger partial charge in [-0.25, -0.2) is 4.98 Å². The Kier molecular flexibility index (Phi) is 4.05. The van der Waals surface area contributed by atoms with Gasteiger partial charge in [0, 0.05) is 18.0 Å². The first kappa shape index (κ1) is 13.6. The average molecular weight is 290 g/mol. The predicted molar refractivity (Wildman–Crippen MR) is 86.8 cm³/mol. The molecule has 1 saturated carbocycles. The van der Waals surface area contributed by atoms with Crippen LogP contribution in [-0.2, 0) is 0 Å². The summed E-state index contributed by atoms with van der Waals surface area (Å²) in [6.45, 7) is 6.03. The fraction of sp³-hybridized carbons (Fsp3) is 0.600. The molecule has 1 aliphatic rings. The second kappa shape index (κ2) is 5.95. The van der Waals surface area contributed by atoms with E-state index in [1.807, 2.05) is 0 Å². The maximum absolute atomic E-state index is 4.61. The molecule has 4 nitrogen and oxygen atoms in total. The van der Waals surface area contributed by atoms with E-state index in [0.29, 0.717) is 0 Å². The highest BCUT2D eigenvalue weighted by molar-refractivity contribution is 7.18. The minimum atomic E-state index is 0.728. The molecule has 0 atom stereocenters. The quantitative estimate of drug-likeness (QED) is 0.756. The van der Waals surface area contributed by atoms with Crippen molar-refractivity contribution in [2.45, 2.75) is 39.5 Å². The molecular formula is C15H22N4S. The predicted octanol–water partition coefficient (Wildman–Crippen LogP) is 4.03. The van der Waals surface area contributed by atoms with Crippen molar-refractivity contribution < 1.29 is 0 Å². The van der Waals surface area contributed by atoms with E-state index in [1.165, 1.54) is 30.6 Å². The number of thiophene rings is 1. The maximum atomic E-state index is 4.61. The summed E-state index contributed by atoms with van der Waals surface area (Å²) in [5.74, 6) is 2.71. The molecule has 0 spiro atoms. The van der Waals surface area contributed by atoms with E-state index in [-0.39, 0.29) is 0 Å². The largest absolute Gasteiger partial charge is 0.369 e. The number of aromatic nitrogens is 2. The molecule has 1 fully saturated rings. The minimum Gasteiger partial charge on any atom is -0.369 e. The van der Waals surface area contributed by atoms with Gasteiger partial charge in [0.25, 0.3) is 0 Å². The molecule has 2 heterocycles. The lowest BCUT2D eigenvalue weighted by atomic mass is 10.2. The standard InChI is InChI=1S/C15H22N4S/c1-3-16-15-18-13(17-8-4-5-11-6-7-11)12-9-10(2)20-14(12)19-15/h9,11H,3-8H2,1-2H3,(H2,16,17,18,19). The molecule has 3 rings (SSSR count). The molecule has 5 heteroatoms. The van der Waals surface area contributed by atoms with E-state index < -0.39 is 0 Å². The van der Waals surface area contributed by atoms with Crippen LogP contribution in [0.5, 0.6) is 0 Å². The Bertz CT molecular complexity index is 589. The summed E-state index contributed by atoms with van der Waals surface area (Å²) in [7, 11) is 0. The Morgan fingerprint density at radius 1 is 1.30 bits per heavy atom. The number of aryl methyl sites for hydroxylation is 1. The van der Waals surface area contributed by atoms with Crippen LogP contribution in [0.2, 0.25) is 0 Å². The van der Waals surface area contributed by atoms with Crippen molar-refractivity contribution in [1.82, 2.24) is 9.97 Å². The zero-order valence-corrected chi connectivity index (χ0v) is 13.0. The Balaban J connectivity index is 1.74. The van der Waals surface area contributed by atoms with Crippen molar-refractivity contribution in [3.05, 3.63) is 10.9 Å². The SMILES string of the molecule is CCNc1nc(NCCCC2CC2)c2cc(C)sc2n1. The van der Waals surface area contributed by atoms with E-state index in [2.05, 4.69) is 40.5 Å². The van der Waals surface area contributed by atoms with E-state index >= 15 is 0 Å². The third-order valence-electron chi connectivity index (χ3n) is 3.63. The number of nitrogens with one attached hydrogen (secondary N) is 2. The van der Waals surface area contributed by atoms with Crippen molar-refractivity contribution >= 4 is 33.3 Å². The Morgan fingerprint density at radius 2 is 2.15 bits per heavy atom. The van der Waals surface area contributed by atoms with Crippen molar-refractivity contribution in [3.8, 4) is 0 Å². The van der Waals surface area contributed by atoms with Crippen LogP contribution >= 0.6 is 11.3 Å². The zero-order valence-electron chi connectivity index (χ0n) is 12.2. The molecule has 20 heavy (non-hydrogen) atoms. The molecule has 0 aliphatic heterocycles. The lowest BCUT2D eigenvalue weighted by Crippen LogP contribution is -2.08. The number of anilines is 2. The molecule has 0 bridgehead atoms. The van der Waals surface area contributed by atoms with Crippen molar-refractivity contribution in [2.24, 2.45) is 5.92 Å². The second-order valence-electron chi connectivity index (χ2n) is 5.51. The minimum absolute atomic E-state index is 0.728. The van der Waals surface area contributed by atoms with E-state index in [0.717, 1.165) is 41.0 Å². The summed E-state index contributed by atoms with van der Waals surface area (Å²) in [6.07, 6.45) is 5.46. The normalized spacial score (nSPS) is 14.7. The highest BCUT2D eigenvalue weighted by Gasteiger charge is 2.20. The molecule has 0 amide bonds. The molecular weight excluding hydrogens is 268 g/mol. The summed E-state index contributed by atoms with van der Waals surface area (Å²) in [6, 6.07) is 2.18. The Labute approximate surface area is 124 Å². The number of rotatable bonds is 7. The Hall–Kier alpha value is -1.36. The van der Waals surface area contributed by atoms with Crippen LogP contribution in [0.25, 0.3) is 10.2 Å². The maximum Gasteiger partial charge on any atom is 0.226 e. The third-order valence-corrected chi connectivity index (χ3v) is 4.57. The van der Waals surface area contributed by atoms with Crippen LogP contribution in [0.3, 0.4) is 0 Å². The molecule has 1 aliphatic carbocycles. The van der Waals surface area contributed by atoms with Gasteiger partial charge in [0.2, 0.25) is 5.95 Å². The van der Waals surface area contributed by atoms with Gasteiger partial charge in [0.15, 0.2) is 0 Å². The highest BCUT2D eigenvalue weighted by Crippen LogP contribution is 2.33. The van der Waals surface area contributed by atoms with Gasteiger partial charge in [-0.1, -0.05) is 12.8 Å². The molecule has 2 aromatic rings. The van der Waals surface area contributed by atoms with Crippen LogP contribution in [-0.4, -0.2) is 23.1 Å². The number of hydrogen-bond donors (Lipinski definition) is 2. The highest BCUT2D eigenvalue weighted by atomic mass is 32.1. The van der Waals surface area contributed by atoms with Crippen LogP contribution < -0.4 is 10.6 Å². The van der Waals surface area contributed by atoms with Crippen molar-refractivity contribution in [2.75, 3.05) is 23.7 Å². The topological polar surface area (TPSA) is 49.8 Å². The zero-order chi connectivity index (χ0) is 13.9. The fourth-order valence-electron chi connectivity index (χ4n) is 2.42.